The summed E-state index contributed by atoms with van der Waals surface area (Å²) >= 11 is 0. The molecule has 0 aliphatic rings. The largest absolute Gasteiger partial charge is 0.368 e. The first-order valence-corrected chi connectivity index (χ1v) is 8.59. The third-order valence-electron chi connectivity index (χ3n) is 4.43. The molecule has 4 aromatic rings. The summed E-state index contributed by atoms with van der Waals surface area (Å²) in [6, 6.07) is 17.1. The molecule has 0 aliphatic carbocycles. The predicted molar refractivity (Wildman–Crippen MR) is 107 cm³/mol. The summed E-state index contributed by atoms with van der Waals surface area (Å²) in [4.78, 5) is 4.15. The maximum absolute atomic E-state index is 5.82. The van der Waals surface area contributed by atoms with Crippen LogP contribution in [0.5, 0.6) is 0 Å². The zero-order valence-corrected chi connectivity index (χ0v) is 14.9. The first kappa shape index (κ1) is 16.1. The van der Waals surface area contributed by atoms with Crippen molar-refractivity contribution in [3.63, 3.8) is 0 Å². The van der Waals surface area contributed by atoms with E-state index in [-0.39, 0.29) is 0 Å². The first-order valence-electron chi connectivity index (χ1n) is 8.59. The Hall–Kier alpha value is -3.34. The van der Waals surface area contributed by atoms with E-state index in [0.29, 0.717) is 5.95 Å². The van der Waals surface area contributed by atoms with E-state index in [1.165, 1.54) is 22.0 Å². The lowest BCUT2D eigenvalue weighted by Gasteiger charge is -2.06. The highest BCUT2D eigenvalue weighted by Gasteiger charge is 2.03. The second-order valence-corrected chi connectivity index (χ2v) is 6.58. The minimum atomic E-state index is 0.393. The molecule has 0 saturated carbocycles. The molecular formula is C21H21N5. The van der Waals surface area contributed by atoms with Crippen LogP contribution in [0.1, 0.15) is 22.4 Å². The zero-order valence-electron chi connectivity index (χ0n) is 14.9. The SMILES string of the molecule is Cc1ccc(Cn2ccc3cc(C=Nn4cc(C)nc4N)ccc32)cc1. The molecule has 2 aromatic heterocycles. The van der Waals surface area contributed by atoms with E-state index in [1.54, 1.807) is 10.9 Å². The molecule has 0 aliphatic heterocycles. The second-order valence-electron chi connectivity index (χ2n) is 6.58. The minimum absolute atomic E-state index is 0.393. The number of rotatable bonds is 4. The van der Waals surface area contributed by atoms with Gasteiger partial charge in [-0.3, -0.25) is 0 Å². The van der Waals surface area contributed by atoms with Crippen LogP contribution in [-0.2, 0) is 6.54 Å². The summed E-state index contributed by atoms with van der Waals surface area (Å²) in [6.07, 6.45) is 5.74. The predicted octanol–water partition coefficient (Wildman–Crippen LogP) is 3.97. The van der Waals surface area contributed by atoms with Gasteiger partial charge in [0.2, 0.25) is 5.95 Å². The van der Waals surface area contributed by atoms with E-state index in [9.17, 15) is 0 Å². The van der Waals surface area contributed by atoms with E-state index in [4.69, 9.17) is 5.73 Å². The average molecular weight is 343 g/mol. The highest BCUT2D eigenvalue weighted by Crippen LogP contribution is 2.19. The lowest BCUT2D eigenvalue weighted by atomic mass is 10.1. The molecule has 2 heterocycles. The molecule has 0 unspecified atom stereocenters. The maximum Gasteiger partial charge on any atom is 0.221 e. The number of fused-ring (bicyclic) bond motifs is 1. The molecule has 0 amide bonds. The van der Waals surface area contributed by atoms with Crippen molar-refractivity contribution < 1.29 is 0 Å². The van der Waals surface area contributed by atoms with Gasteiger partial charge in [-0.1, -0.05) is 35.9 Å². The minimum Gasteiger partial charge on any atom is -0.368 e. The highest BCUT2D eigenvalue weighted by atomic mass is 15.4. The summed E-state index contributed by atoms with van der Waals surface area (Å²) in [7, 11) is 0. The standard InChI is InChI=1S/C21H21N5/c1-15-3-5-17(6-4-15)14-25-10-9-19-11-18(7-8-20(19)25)12-23-26-13-16(2)24-21(26)22/h3-13H,14H2,1-2H3,(H2,22,24). The Balaban J connectivity index is 1.58. The van der Waals surface area contributed by atoms with Crippen molar-refractivity contribution in [3.8, 4) is 0 Å². The van der Waals surface area contributed by atoms with Crippen LogP contribution < -0.4 is 5.73 Å². The molecule has 0 bridgehead atoms. The fourth-order valence-corrected chi connectivity index (χ4v) is 3.05. The Morgan fingerprint density at radius 3 is 2.62 bits per heavy atom. The Bertz CT molecular complexity index is 1080. The van der Waals surface area contributed by atoms with Gasteiger partial charge in [0.25, 0.3) is 0 Å². The van der Waals surface area contributed by atoms with Crippen LogP contribution in [0.2, 0.25) is 0 Å². The molecule has 5 heteroatoms. The summed E-state index contributed by atoms with van der Waals surface area (Å²) in [5.74, 6) is 0.393. The molecule has 130 valence electrons. The topological polar surface area (TPSA) is 61.1 Å². The number of imidazole rings is 1. The summed E-state index contributed by atoms with van der Waals surface area (Å²) in [6.45, 7) is 4.86. The van der Waals surface area contributed by atoms with Crippen LogP contribution >= 0.6 is 0 Å². The van der Waals surface area contributed by atoms with Crippen LogP contribution in [0, 0.1) is 13.8 Å². The van der Waals surface area contributed by atoms with Crippen LogP contribution in [0.4, 0.5) is 5.95 Å². The van der Waals surface area contributed by atoms with Gasteiger partial charge in [-0.15, -0.1) is 0 Å². The van der Waals surface area contributed by atoms with Gasteiger partial charge in [0, 0.05) is 23.6 Å². The number of hydrogen-bond acceptors (Lipinski definition) is 3. The molecule has 5 nitrogen and oxygen atoms in total. The van der Waals surface area contributed by atoms with Gasteiger partial charge in [-0.25, -0.2) is 9.66 Å². The molecule has 4 rings (SSSR count). The van der Waals surface area contributed by atoms with Crippen molar-refractivity contribution in [1.82, 2.24) is 14.2 Å². The number of nitrogens with two attached hydrogens (primary N) is 1. The number of anilines is 1. The lowest BCUT2D eigenvalue weighted by molar-refractivity contribution is 0.836. The van der Waals surface area contributed by atoms with Crippen LogP contribution in [0.15, 0.2) is 66.0 Å². The van der Waals surface area contributed by atoms with E-state index in [1.807, 2.05) is 13.1 Å². The Kier molecular flexibility index (Phi) is 4.05. The second kappa shape index (κ2) is 6.52. The molecule has 0 spiro atoms. The van der Waals surface area contributed by atoms with Crippen molar-refractivity contribution in [1.29, 1.82) is 0 Å². The Morgan fingerprint density at radius 2 is 1.88 bits per heavy atom. The summed E-state index contributed by atoms with van der Waals surface area (Å²) < 4.78 is 3.85. The fourth-order valence-electron chi connectivity index (χ4n) is 3.05. The Morgan fingerprint density at radius 1 is 1.08 bits per heavy atom. The van der Waals surface area contributed by atoms with E-state index in [0.717, 1.165) is 17.8 Å². The molecule has 2 N–H and O–H groups in total. The quantitative estimate of drug-likeness (QED) is 0.570. The molecule has 0 fully saturated rings. The number of hydrogen-bond donors (Lipinski definition) is 1. The summed E-state index contributed by atoms with van der Waals surface area (Å²) in [5.41, 5.74) is 11.5. The molecule has 0 saturated heterocycles. The third-order valence-corrected chi connectivity index (χ3v) is 4.43. The van der Waals surface area contributed by atoms with Gasteiger partial charge < -0.3 is 10.3 Å². The van der Waals surface area contributed by atoms with Crippen molar-refractivity contribution in [2.75, 3.05) is 5.73 Å². The van der Waals surface area contributed by atoms with E-state index < -0.39 is 0 Å². The molecule has 2 aromatic carbocycles. The summed E-state index contributed by atoms with van der Waals surface area (Å²) in [5, 5.41) is 5.57. The van der Waals surface area contributed by atoms with Crippen LogP contribution in [0.3, 0.4) is 0 Å². The highest BCUT2D eigenvalue weighted by molar-refractivity contribution is 5.89. The van der Waals surface area contributed by atoms with Gasteiger partial charge >= 0.3 is 0 Å². The van der Waals surface area contributed by atoms with Gasteiger partial charge in [0.05, 0.1) is 18.1 Å². The van der Waals surface area contributed by atoms with Crippen molar-refractivity contribution in [2.45, 2.75) is 20.4 Å². The third kappa shape index (κ3) is 3.24. The van der Waals surface area contributed by atoms with Crippen LogP contribution in [-0.4, -0.2) is 20.4 Å². The number of aryl methyl sites for hydroxylation is 2. The average Bonchev–Trinajstić information content (AvgIpc) is 3.17. The number of nitrogen functional groups attached to an aromatic ring is 1. The fraction of sp³-hybridized carbons (Fsp3) is 0.143. The van der Waals surface area contributed by atoms with Gasteiger partial charge in [-0.2, -0.15) is 5.10 Å². The van der Waals surface area contributed by atoms with Crippen LogP contribution in [0.25, 0.3) is 10.9 Å². The molecule has 0 radical (unpaired) electrons. The van der Waals surface area contributed by atoms with Gasteiger partial charge in [0.15, 0.2) is 0 Å². The molecule has 0 atom stereocenters. The normalized spacial score (nSPS) is 11.6. The van der Waals surface area contributed by atoms with Crippen molar-refractivity contribution in [2.24, 2.45) is 5.10 Å². The monoisotopic (exact) mass is 343 g/mol. The Labute approximate surface area is 152 Å². The van der Waals surface area contributed by atoms with Crippen molar-refractivity contribution in [3.05, 3.63) is 83.3 Å². The lowest BCUT2D eigenvalue weighted by Crippen LogP contribution is -1.98. The number of nitrogens with zero attached hydrogens (tertiary/aromatic N) is 4. The smallest absolute Gasteiger partial charge is 0.221 e. The number of aromatic nitrogens is 3. The molecule has 26 heavy (non-hydrogen) atoms. The maximum atomic E-state index is 5.82. The molecular weight excluding hydrogens is 322 g/mol. The van der Waals surface area contributed by atoms with E-state index >= 15 is 0 Å². The van der Waals surface area contributed by atoms with Gasteiger partial charge in [-0.05, 0) is 43.2 Å². The van der Waals surface area contributed by atoms with E-state index in [2.05, 4.69) is 76.3 Å². The van der Waals surface area contributed by atoms with Crippen molar-refractivity contribution >= 4 is 23.1 Å². The first-order chi connectivity index (χ1) is 12.6. The van der Waals surface area contributed by atoms with Gasteiger partial charge in [0.1, 0.15) is 0 Å². The zero-order chi connectivity index (χ0) is 18.1. The number of benzene rings is 2.